The SMILES string of the molecule is C[C@@H]1CC(C=O)C(=O)[C@@]2(C)CC[C@H]3[C@H](C)CC[C@@H](C[C@H]12)C3(C)C. The third-order valence-corrected chi connectivity index (χ3v) is 8.37. The van der Waals surface area contributed by atoms with Gasteiger partial charge in [-0.2, -0.15) is 0 Å². The van der Waals surface area contributed by atoms with E-state index in [0.717, 1.165) is 43.3 Å². The van der Waals surface area contributed by atoms with E-state index in [1.165, 1.54) is 19.3 Å². The Morgan fingerprint density at radius 3 is 2.30 bits per heavy atom. The van der Waals surface area contributed by atoms with Crippen LogP contribution in [0.25, 0.3) is 0 Å². The minimum atomic E-state index is -0.351. The topological polar surface area (TPSA) is 34.1 Å². The number of fused-ring (bicyclic) bond motifs is 3. The molecule has 0 N–H and O–H groups in total. The predicted octanol–water partition coefficient (Wildman–Crippen LogP) is 4.91. The molecule has 1 unspecified atom stereocenters. The Bertz CT molecular complexity index is 494. The summed E-state index contributed by atoms with van der Waals surface area (Å²) >= 11 is 0. The molecule has 2 heteroatoms. The molecule has 0 radical (unpaired) electrons. The predicted molar refractivity (Wildman–Crippen MR) is 92.9 cm³/mol. The van der Waals surface area contributed by atoms with Gasteiger partial charge in [-0.3, -0.25) is 4.79 Å². The summed E-state index contributed by atoms with van der Waals surface area (Å²) in [6.07, 6.45) is 7.68. The van der Waals surface area contributed by atoms with E-state index in [-0.39, 0.29) is 17.1 Å². The van der Waals surface area contributed by atoms with E-state index in [2.05, 4.69) is 34.6 Å². The van der Waals surface area contributed by atoms with Gasteiger partial charge in [0.25, 0.3) is 0 Å². The van der Waals surface area contributed by atoms with Crippen molar-refractivity contribution in [3.8, 4) is 0 Å². The van der Waals surface area contributed by atoms with Gasteiger partial charge in [-0.25, -0.2) is 0 Å². The van der Waals surface area contributed by atoms with Crippen molar-refractivity contribution in [1.29, 1.82) is 0 Å². The number of carbonyl (C=O) groups excluding carboxylic acids is 2. The Hall–Kier alpha value is -0.660. The van der Waals surface area contributed by atoms with Crippen molar-refractivity contribution in [2.45, 2.75) is 73.1 Å². The molecule has 0 amide bonds. The lowest BCUT2D eigenvalue weighted by molar-refractivity contribution is -0.151. The zero-order valence-corrected chi connectivity index (χ0v) is 15.6. The molecule has 3 saturated carbocycles. The number of hydrogen-bond donors (Lipinski definition) is 0. The van der Waals surface area contributed by atoms with E-state index in [0.29, 0.717) is 17.3 Å². The first-order chi connectivity index (χ1) is 10.7. The molecule has 3 aliphatic rings. The first kappa shape index (κ1) is 17.2. The van der Waals surface area contributed by atoms with Crippen LogP contribution in [0.4, 0.5) is 0 Å². The lowest BCUT2D eigenvalue weighted by Crippen LogP contribution is -2.53. The highest BCUT2D eigenvalue weighted by atomic mass is 16.1. The zero-order valence-electron chi connectivity index (χ0n) is 15.6. The quantitative estimate of drug-likeness (QED) is 0.509. The number of rotatable bonds is 1. The largest absolute Gasteiger partial charge is 0.303 e. The third kappa shape index (κ3) is 2.51. The lowest BCUT2D eigenvalue weighted by Gasteiger charge is -2.56. The molecule has 0 spiro atoms. The van der Waals surface area contributed by atoms with E-state index in [1.54, 1.807) is 0 Å². The summed E-state index contributed by atoms with van der Waals surface area (Å²) < 4.78 is 0. The van der Waals surface area contributed by atoms with Gasteiger partial charge < -0.3 is 4.79 Å². The molecule has 2 nitrogen and oxygen atoms in total. The van der Waals surface area contributed by atoms with Crippen LogP contribution in [0.3, 0.4) is 0 Å². The Labute approximate surface area is 141 Å². The summed E-state index contributed by atoms with van der Waals surface area (Å²) in [7, 11) is 0. The molecule has 3 aliphatic carbocycles. The van der Waals surface area contributed by atoms with E-state index < -0.39 is 0 Å². The van der Waals surface area contributed by atoms with E-state index in [4.69, 9.17) is 0 Å². The molecular formula is C21H34O2. The summed E-state index contributed by atoms with van der Waals surface area (Å²) in [4.78, 5) is 24.5. The normalized spacial score (nSPS) is 49.7. The summed E-state index contributed by atoms with van der Waals surface area (Å²) in [5.41, 5.74) is 0.122. The highest BCUT2D eigenvalue weighted by molar-refractivity contribution is 5.97. The van der Waals surface area contributed by atoms with Crippen molar-refractivity contribution >= 4 is 12.1 Å². The molecule has 130 valence electrons. The van der Waals surface area contributed by atoms with Crippen molar-refractivity contribution in [1.82, 2.24) is 0 Å². The second-order valence-electron chi connectivity index (χ2n) is 9.80. The maximum atomic E-state index is 13.1. The zero-order chi connectivity index (χ0) is 17.0. The monoisotopic (exact) mass is 318 g/mol. The average Bonchev–Trinajstić information content (AvgIpc) is 2.48. The van der Waals surface area contributed by atoms with Gasteiger partial charge in [-0.05, 0) is 67.1 Å². The fourth-order valence-electron chi connectivity index (χ4n) is 6.74. The number of carbonyl (C=O) groups is 2. The second kappa shape index (κ2) is 5.70. The number of hydrogen-bond acceptors (Lipinski definition) is 2. The maximum absolute atomic E-state index is 13.1. The fourth-order valence-corrected chi connectivity index (χ4v) is 6.74. The van der Waals surface area contributed by atoms with E-state index in [1.807, 2.05) is 0 Å². The minimum Gasteiger partial charge on any atom is -0.303 e. The molecule has 0 saturated heterocycles. The Kier molecular flexibility index (Phi) is 4.26. The van der Waals surface area contributed by atoms with Crippen molar-refractivity contribution in [2.24, 2.45) is 46.3 Å². The Morgan fingerprint density at radius 2 is 1.65 bits per heavy atom. The van der Waals surface area contributed by atoms with Crippen LogP contribution in [0.5, 0.6) is 0 Å². The molecule has 0 heterocycles. The van der Waals surface area contributed by atoms with Gasteiger partial charge in [0.1, 0.15) is 12.1 Å². The fraction of sp³-hybridized carbons (Fsp3) is 0.905. The second-order valence-corrected chi connectivity index (χ2v) is 9.80. The molecule has 7 atom stereocenters. The van der Waals surface area contributed by atoms with Crippen molar-refractivity contribution in [3.63, 3.8) is 0 Å². The van der Waals surface area contributed by atoms with Crippen molar-refractivity contribution in [3.05, 3.63) is 0 Å². The molecule has 0 aliphatic heterocycles. The third-order valence-electron chi connectivity index (χ3n) is 8.37. The lowest BCUT2D eigenvalue weighted by atomic mass is 9.47. The first-order valence-electron chi connectivity index (χ1n) is 9.71. The minimum absolute atomic E-state index is 0.251. The first-order valence-corrected chi connectivity index (χ1v) is 9.71. The summed E-state index contributed by atoms with van der Waals surface area (Å²) in [6, 6.07) is 0. The Balaban J connectivity index is 1.97. The highest BCUT2D eigenvalue weighted by Gasteiger charge is 2.55. The summed E-state index contributed by atoms with van der Waals surface area (Å²) in [5, 5.41) is 0. The molecule has 0 aromatic rings. The van der Waals surface area contributed by atoms with Crippen LogP contribution < -0.4 is 0 Å². The molecule has 3 fully saturated rings. The number of aldehydes is 1. The van der Waals surface area contributed by atoms with Crippen molar-refractivity contribution < 1.29 is 9.59 Å². The van der Waals surface area contributed by atoms with Gasteiger partial charge in [0.2, 0.25) is 0 Å². The smallest absolute Gasteiger partial charge is 0.149 e. The summed E-state index contributed by atoms with van der Waals surface area (Å²) in [6.45, 7) is 11.8. The van der Waals surface area contributed by atoms with Crippen molar-refractivity contribution in [2.75, 3.05) is 0 Å². The van der Waals surface area contributed by atoms with Crippen LogP contribution in [0.1, 0.15) is 73.1 Å². The van der Waals surface area contributed by atoms with Crippen LogP contribution in [-0.4, -0.2) is 12.1 Å². The molecular weight excluding hydrogens is 284 g/mol. The molecule has 3 rings (SSSR count). The average molecular weight is 319 g/mol. The summed E-state index contributed by atoms with van der Waals surface area (Å²) in [5.74, 6) is 3.07. The molecule has 0 aromatic carbocycles. The van der Waals surface area contributed by atoms with Crippen LogP contribution in [0.15, 0.2) is 0 Å². The van der Waals surface area contributed by atoms with Crippen LogP contribution in [0, 0.1) is 46.3 Å². The van der Waals surface area contributed by atoms with Crippen LogP contribution in [-0.2, 0) is 9.59 Å². The number of Topliss-reactive ketones (excluding diaryl/α,β-unsaturated/α-hetero) is 1. The van der Waals surface area contributed by atoms with Gasteiger partial charge >= 0.3 is 0 Å². The standard InChI is InChI=1S/C21H34O2/c1-13-6-7-16-11-18-14(2)10-15(12-22)19(23)21(18,5)9-8-17(13)20(16,3)4/h12-18H,6-11H2,1-5H3/t13-,14-,15?,16+,17+,18-,21+/m1/s1. The molecule has 0 aromatic heterocycles. The van der Waals surface area contributed by atoms with E-state index in [9.17, 15) is 9.59 Å². The van der Waals surface area contributed by atoms with Gasteiger partial charge in [0.05, 0.1) is 5.92 Å². The van der Waals surface area contributed by atoms with Gasteiger partial charge in [0.15, 0.2) is 0 Å². The highest BCUT2D eigenvalue weighted by Crippen LogP contribution is 2.59. The van der Waals surface area contributed by atoms with Gasteiger partial charge in [-0.1, -0.05) is 41.0 Å². The van der Waals surface area contributed by atoms with Crippen LogP contribution in [0.2, 0.25) is 0 Å². The van der Waals surface area contributed by atoms with E-state index >= 15 is 0 Å². The number of ketones is 1. The van der Waals surface area contributed by atoms with Crippen LogP contribution >= 0.6 is 0 Å². The van der Waals surface area contributed by atoms with Gasteiger partial charge in [-0.15, -0.1) is 0 Å². The molecule has 23 heavy (non-hydrogen) atoms. The Morgan fingerprint density at radius 1 is 0.957 bits per heavy atom. The molecule has 2 bridgehead atoms. The maximum Gasteiger partial charge on any atom is 0.149 e. The van der Waals surface area contributed by atoms with Gasteiger partial charge in [0, 0.05) is 5.41 Å².